The number of benzene rings is 4. The summed E-state index contributed by atoms with van der Waals surface area (Å²) in [5, 5.41) is 13.2. The van der Waals surface area contributed by atoms with Crippen LogP contribution >= 0.6 is 15.9 Å². The summed E-state index contributed by atoms with van der Waals surface area (Å²) in [6.45, 7) is 0. The van der Waals surface area contributed by atoms with E-state index in [-0.39, 0.29) is 0 Å². The summed E-state index contributed by atoms with van der Waals surface area (Å²) < 4.78 is 6.97. The molecule has 0 fully saturated rings. The lowest BCUT2D eigenvalue weighted by atomic mass is 9.94. The summed E-state index contributed by atoms with van der Waals surface area (Å²) in [6.07, 6.45) is 1.98. The van der Waals surface area contributed by atoms with Gasteiger partial charge in [0.2, 0.25) is 0 Å². The quantitative estimate of drug-likeness (QED) is 0.280. The third-order valence-corrected chi connectivity index (χ3v) is 6.39. The van der Waals surface area contributed by atoms with E-state index >= 15 is 0 Å². The first kappa shape index (κ1) is 20.0. The molecular formula is C28H23BrO2. The molecule has 0 saturated carbocycles. The van der Waals surface area contributed by atoms with Gasteiger partial charge in [-0.2, -0.15) is 0 Å². The van der Waals surface area contributed by atoms with Crippen molar-refractivity contribution in [1.29, 1.82) is 0 Å². The Hall–Kier alpha value is -2.88. The zero-order valence-electron chi connectivity index (χ0n) is 17.1. The molecular weight excluding hydrogens is 448 g/mol. The molecule has 3 heteroatoms. The molecule has 0 spiro atoms. The van der Waals surface area contributed by atoms with Crippen LogP contribution in [-0.4, -0.2) is 5.11 Å². The van der Waals surface area contributed by atoms with Crippen LogP contribution < -0.4 is 0 Å². The van der Waals surface area contributed by atoms with Crippen molar-refractivity contribution in [2.75, 3.05) is 0 Å². The van der Waals surface area contributed by atoms with E-state index < -0.39 is 6.10 Å². The third kappa shape index (κ3) is 4.30. The van der Waals surface area contributed by atoms with E-state index in [1.54, 1.807) is 0 Å². The Morgan fingerprint density at radius 3 is 2.19 bits per heavy atom. The smallest absolute Gasteiger partial charge is 0.135 e. The fraction of sp³-hybridized carbons (Fsp3) is 0.143. The Morgan fingerprint density at radius 2 is 1.39 bits per heavy atom. The van der Waals surface area contributed by atoms with Gasteiger partial charge in [0.25, 0.3) is 0 Å². The highest BCUT2D eigenvalue weighted by Gasteiger charge is 2.15. The molecule has 1 atom stereocenters. The second kappa shape index (κ2) is 8.70. The molecule has 0 aliphatic rings. The molecule has 5 rings (SSSR count). The van der Waals surface area contributed by atoms with Crippen LogP contribution in [0.15, 0.2) is 99.9 Å². The van der Waals surface area contributed by atoms with Crippen molar-refractivity contribution in [2.45, 2.75) is 25.4 Å². The highest BCUT2D eigenvalue weighted by Crippen LogP contribution is 2.33. The van der Waals surface area contributed by atoms with Gasteiger partial charge in [0.1, 0.15) is 11.2 Å². The van der Waals surface area contributed by atoms with Gasteiger partial charge in [-0.25, -0.2) is 0 Å². The lowest BCUT2D eigenvalue weighted by molar-refractivity contribution is 0.178. The Bertz CT molecular complexity index is 1340. The molecule has 0 aliphatic heterocycles. The van der Waals surface area contributed by atoms with Crippen LogP contribution in [0.25, 0.3) is 21.9 Å². The highest BCUT2D eigenvalue weighted by molar-refractivity contribution is 9.10. The second-order valence-electron chi connectivity index (χ2n) is 7.97. The zero-order chi connectivity index (χ0) is 21.2. The monoisotopic (exact) mass is 470 g/mol. The van der Waals surface area contributed by atoms with Crippen LogP contribution in [-0.2, 0) is 19.3 Å². The Labute approximate surface area is 190 Å². The average molecular weight is 471 g/mol. The summed E-state index contributed by atoms with van der Waals surface area (Å²) in [4.78, 5) is 0. The number of fused-ring (bicyclic) bond motifs is 3. The number of aliphatic hydroxyl groups is 1. The van der Waals surface area contributed by atoms with Crippen molar-refractivity contribution in [3.8, 4) is 0 Å². The van der Waals surface area contributed by atoms with Crippen molar-refractivity contribution in [2.24, 2.45) is 0 Å². The Balaban J connectivity index is 1.40. The van der Waals surface area contributed by atoms with Crippen molar-refractivity contribution < 1.29 is 9.52 Å². The molecule has 5 aromatic rings. The van der Waals surface area contributed by atoms with E-state index in [0.29, 0.717) is 6.42 Å². The Morgan fingerprint density at radius 1 is 0.710 bits per heavy atom. The lowest BCUT2D eigenvalue weighted by Crippen LogP contribution is -2.05. The van der Waals surface area contributed by atoms with Crippen molar-refractivity contribution >= 4 is 37.9 Å². The van der Waals surface area contributed by atoms with Gasteiger partial charge in [0.15, 0.2) is 0 Å². The number of hydrogen-bond donors (Lipinski definition) is 1. The first-order chi connectivity index (χ1) is 15.2. The number of furan rings is 1. The van der Waals surface area contributed by atoms with Crippen LogP contribution in [0.2, 0.25) is 0 Å². The zero-order valence-corrected chi connectivity index (χ0v) is 18.7. The van der Waals surface area contributed by atoms with Crippen LogP contribution in [0.3, 0.4) is 0 Å². The summed E-state index contributed by atoms with van der Waals surface area (Å²) >= 11 is 3.54. The summed E-state index contributed by atoms with van der Waals surface area (Å²) in [5.74, 6) is 0. The molecule has 4 aromatic carbocycles. The van der Waals surface area contributed by atoms with E-state index in [9.17, 15) is 5.11 Å². The Kier molecular flexibility index (Phi) is 5.63. The van der Waals surface area contributed by atoms with Gasteiger partial charge in [-0.1, -0.05) is 76.6 Å². The predicted octanol–water partition coefficient (Wildman–Crippen LogP) is 7.41. The predicted molar refractivity (Wildman–Crippen MR) is 130 cm³/mol. The summed E-state index contributed by atoms with van der Waals surface area (Å²) in [6, 6.07) is 31.0. The van der Waals surface area contributed by atoms with Gasteiger partial charge < -0.3 is 9.52 Å². The molecule has 1 aromatic heterocycles. The lowest BCUT2D eigenvalue weighted by Gasteiger charge is -2.15. The van der Waals surface area contributed by atoms with Gasteiger partial charge in [0.05, 0.1) is 6.10 Å². The molecule has 154 valence electrons. The minimum Gasteiger partial charge on any atom is -0.456 e. The van der Waals surface area contributed by atoms with E-state index in [1.165, 1.54) is 16.7 Å². The second-order valence-corrected chi connectivity index (χ2v) is 8.89. The van der Waals surface area contributed by atoms with Gasteiger partial charge in [-0.05, 0) is 65.4 Å². The van der Waals surface area contributed by atoms with E-state index in [2.05, 4.69) is 76.6 Å². The maximum Gasteiger partial charge on any atom is 0.135 e. The number of aliphatic hydroxyl groups excluding tert-OH is 1. The highest BCUT2D eigenvalue weighted by atomic mass is 79.9. The molecule has 1 heterocycles. The molecule has 1 unspecified atom stereocenters. The van der Waals surface area contributed by atoms with Crippen molar-refractivity contribution in [3.05, 3.63) is 118 Å². The molecule has 0 radical (unpaired) electrons. The number of hydrogen-bond acceptors (Lipinski definition) is 2. The van der Waals surface area contributed by atoms with Gasteiger partial charge in [0, 0.05) is 21.7 Å². The minimum absolute atomic E-state index is 0.570. The van der Waals surface area contributed by atoms with Crippen molar-refractivity contribution in [1.82, 2.24) is 0 Å². The maximum atomic E-state index is 11.1. The summed E-state index contributed by atoms with van der Waals surface area (Å²) in [7, 11) is 0. The SMILES string of the molecule is OC(Cc1ccccc1CCc1ccccc1)c1ccc2oc3ccc(Br)cc3c2c1. The molecule has 2 nitrogen and oxygen atoms in total. The molecule has 0 saturated heterocycles. The molecule has 31 heavy (non-hydrogen) atoms. The molecule has 0 bridgehead atoms. The standard InChI is InChI=1S/C28H23BrO2/c29-23-13-15-28-25(18-23)24-16-22(12-14-27(24)31-28)26(30)17-21-9-5-4-8-20(21)11-10-19-6-2-1-3-7-19/h1-9,12-16,18,26,30H,10-11,17H2. The maximum absolute atomic E-state index is 11.1. The van der Waals surface area contributed by atoms with Gasteiger partial charge in [-0.3, -0.25) is 0 Å². The van der Waals surface area contributed by atoms with Gasteiger partial charge >= 0.3 is 0 Å². The normalized spacial score (nSPS) is 12.5. The van der Waals surface area contributed by atoms with Crippen LogP contribution in [0.1, 0.15) is 28.4 Å². The number of rotatable bonds is 6. The van der Waals surface area contributed by atoms with E-state index in [1.807, 2.05) is 30.3 Å². The van der Waals surface area contributed by atoms with Crippen LogP contribution in [0.5, 0.6) is 0 Å². The first-order valence-electron chi connectivity index (χ1n) is 10.6. The first-order valence-corrected chi connectivity index (χ1v) is 11.4. The van der Waals surface area contributed by atoms with Crippen molar-refractivity contribution in [3.63, 3.8) is 0 Å². The van der Waals surface area contributed by atoms with E-state index in [0.717, 1.165) is 44.8 Å². The topological polar surface area (TPSA) is 33.4 Å². The molecule has 0 amide bonds. The van der Waals surface area contributed by atoms with Crippen LogP contribution in [0, 0.1) is 0 Å². The average Bonchev–Trinajstić information content (AvgIpc) is 3.16. The molecule has 0 aliphatic carbocycles. The number of aryl methyl sites for hydroxylation is 2. The largest absolute Gasteiger partial charge is 0.456 e. The molecule has 1 N–H and O–H groups in total. The minimum atomic E-state index is -0.570. The fourth-order valence-corrected chi connectivity index (χ4v) is 4.59. The van der Waals surface area contributed by atoms with Gasteiger partial charge in [-0.15, -0.1) is 0 Å². The van der Waals surface area contributed by atoms with Crippen LogP contribution in [0.4, 0.5) is 0 Å². The summed E-state index contributed by atoms with van der Waals surface area (Å²) in [5.41, 5.74) is 6.44. The van der Waals surface area contributed by atoms with E-state index in [4.69, 9.17) is 4.42 Å². The third-order valence-electron chi connectivity index (χ3n) is 5.90. The number of halogens is 1. The fourth-order valence-electron chi connectivity index (χ4n) is 4.22.